The Morgan fingerprint density at radius 1 is 1.41 bits per heavy atom. The van der Waals surface area contributed by atoms with E-state index >= 15 is 0 Å². The molecule has 4 heteroatoms. The van der Waals surface area contributed by atoms with Crippen LogP contribution in [0.3, 0.4) is 0 Å². The highest BCUT2D eigenvalue weighted by atomic mass is 79.9. The molecule has 1 aromatic carbocycles. The normalized spacial score (nSPS) is 19.0. The van der Waals surface area contributed by atoms with Crippen LogP contribution >= 0.6 is 15.9 Å². The Morgan fingerprint density at radius 2 is 2.12 bits per heavy atom. The SMILES string of the molecule is COc1ccc(C(N)C2CCOCC2)c(Br)c1. The van der Waals surface area contributed by atoms with Crippen LogP contribution in [0.2, 0.25) is 0 Å². The molecule has 3 nitrogen and oxygen atoms in total. The van der Waals surface area contributed by atoms with Crippen molar-refractivity contribution in [2.75, 3.05) is 20.3 Å². The molecule has 1 heterocycles. The third-order valence-corrected chi connectivity index (χ3v) is 4.03. The minimum atomic E-state index is 0.0687. The third kappa shape index (κ3) is 3.00. The summed E-state index contributed by atoms with van der Waals surface area (Å²) in [5, 5.41) is 0. The van der Waals surface area contributed by atoms with Gasteiger partial charge in [0.25, 0.3) is 0 Å². The smallest absolute Gasteiger partial charge is 0.120 e. The summed E-state index contributed by atoms with van der Waals surface area (Å²) in [6.45, 7) is 1.65. The molecule has 0 aromatic heterocycles. The number of methoxy groups -OCH3 is 1. The van der Waals surface area contributed by atoms with Crippen molar-refractivity contribution >= 4 is 15.9 Å². The molecular weight excluding hydrogens is 282 g/mol. The summed E-state index contributed by atoms with van der Waals surface area (Å²) in [6.07, 6.45) is 2.08. The van der Waals surface area contributed by atoms with E-state index in [-0.39, 0.29) is 6.04 Å². The lowest BCUT2D eigenvalue weighted by molar-refractivity contribution is 0.0583. The van der Waals surface area contributed by atoms with Crippen molar-refractivity contribution in [3.63, 3.8) is 0 Å². The molecule has 1 aliphatic heterocycles. The third-order valence-electron chi connectivity index (χ3n) is 3.34. The predicted molar refractivity (Wildman–Crippen MR) is 71.2 cm³/mol. The Morgan fingerprint density at radius 3 is 2.71 bits per heavy atom. The Labute approximate surface area is 110 Å². The highest BCUT2D eigenvalue weighted by molar-refractivity contribution is 9.10. The lowest BCUT2D eigenvalue weighted by atomic mass is 9.88. The van der Waals surface area contributed by atoms with E-state index in [0.717, 1.165) is 41.8 Å². The largest absolute Gasteiger partial charge is 0.497 e. The van der Waals surface area contributed by atoms with Gasteiger partial charge in [0.2, 0.25) is 0 Å². The van der Waals surface area contributed by atoms with Crippen molar-refractivity contribution in [3.8, 4) is 5.75 Å². The van der Waals surface area contributed by atoms with Gasteiger partial charge in [-0.05, 0) is 36.5 Å². The van der Waals surface area contributed by atoms with Gasteiger partial charge < -0.3 is 15.2 Å². The van der Waals surface area contributed by atoms with Crippen molar-refractivity contribution in [2.45, 2.75) is 18.9 Å². The standard InChI is InChI=1S/C13H18BrNO2/c1-16-10-2-3-11(12(14)8-10)13(15)9-4-6-17-7-5-9/h2-3,8-9,13H,4-7,15H2,1H3. The van der Waals surface area contributed by atoms with Crippen LogP contribution in [0, 0.1) is 5.92 Å². The number of benzene rings is 1. The summed E-state index contributed by atoms with van der Waals surface area (Å²) in [4.78, 5) is 0. The number of hydrogen-bond acceptors (Lipinski definition) is 3. The Kier molecular flexibility index (Phi) is 4.42. The predicted octanol–water partition coefficient (Wildman–Crippen LogP) is 2.88. The number of rotatable bonds is 3. The first-order valence-electron chi connectivity index (χ1n) is 5.89. The van der Waals surface area contributed by atoms with E-state index in [0.29, 0.717) is 5.92 Å². The van der Waals surface area contributed by atoms with Crippen LogP contribution in [0.25, 0.3) is 0 Å². The van der Waals surface area contributed by atoms with Crippen molar-refractivity contribution in [1.82, 2.24) is 0 Å². The van der Waals surface area contributed by atoms with E-state index in [1.165, 1.54) is 0 Å². The van der Waals surface area contributed by atoms with Crippen LogP contribution in [0.4, 0.5) is 0 Å². The van der Waals surface area contributed by atoms with Crippen molar-refractivity contribution in [3.05, 3.63) is 28.2 Å². The summed E-state index contributed by atoms with van der Waals surface area (Å²) in [7, 11) is 1.67. The second kappa shape index (κ2) is 5.85. The first-order chi connectivity index (χ1) is 8.22. The number of hydrogen-bond donors (Lipinski definition) is 1. The van der Waals surface area contributed by atoms with Crippen LogP contribution in [-0.2, 0) is 4.74 Å². The molecule has 0 amide bonds. The van der Waals surface area contributed by atoms with E-state index in [1.54, 1.807) is 7.11 Å². The molecule has 1 atom stereocenters. The van der Waals surface area contributed by atoms with E-state index in [1.807, 2.05) is 18.2 Å². The van der Waals surface area contributed by atoms with Gasteiger partial charge in [0.15, 0.2) is 0 Å². The zero-order valence-corrected chi connectivity index (χ0v) is 11.6. The van der Waals surface area contributed by atoms with Crippen LogP contribution in [-0.4, -0.2) is 20.3 Å². The highest BCUT2D eigenvalue weighted by Gasteiger charge is 2.23. The quantitative estimate of drug-likeness (QED) is 0.933. The van der Waals surface area contributed by atoms with Crippen molar-refractivity contribution < 1.29 is 9.47 Å². The van der Waals surface area contributed by atoms with Crippen LogP contribution < -0.4 is 10.5 Å². The molecule has 1 saturated heterocycles. The fraction of sp³-hybridized carbons (Fsp3) is 0.538. The molecule has 0 spiro atoms. The van der Waals surface area contributed by atoms with Gasteiger partial charge in [-0.2, -0.15) is 0 Å². The maximum atomic E-state index is 6.34. The first kappa shape index (κ1) is 12.9. The average Bonchev–Trinajstić information content (AvgIpc) is 2.39. The zero-order chi connectivity index (χ0) is 12.3. The molecule has 1 unspecified atom stereocenters. The lowest BCUT2D eigenvalue weighted by Gasteiger charge is -2.28. The van der Waals surface area contributed by atoms with Crippen molar-refractivity contribution in [1.29, 1.82) is 0 Å². The summed E-state index contributed by atoms with van der Waals surface area (Å²) >= 11 is 3.56. The molecule has 1 aliphatic rings. The molecule has 0 radical (unpaired) electrons. The molecule has 94 valence electrons. The first-order valence-corrected chi connectivity index (χ1v) is 6.68. The summed E-state index contributed by atoms with van der Waals surface area (Å²) in [6, 6.07) is 6.04. The number of halogens is 1. The van der Waals surface area contributed by atoms with Crippen LogP contribution in [0.15, 0.2) is 22.7 Å². The molecule has 0 aliphatic carbocycles. The summed E-state index contributed by atoms with van der Waals surface area (Å²) < 4.78 is 11.6. The minimum Gasteiger partial charge on any atom is -0.497 e. The van der Waals surface area contributed by atoms with Gasteiger partial charge in [0.05, 0.1) is 7.11 Å². The molecule has 0 saturated carbocycles. The van der Waals surface area contributed by atoms with Gasteiger partial charge in [0.1, 0.15) is 5.75 Å². The maximum Gasteiger partial charge on any atom is 0.120 e. The maximum absolute atomic E-state index is 6.34. The average molecular weight is 300 g/mol. The van der Waals surface area contributed by atoms with Crippen LogP contribution in [0.5, 0.6) is 5.75 Å². The Balaban J connectivity index is 2.15. The molecule has 2 N–H and O–H groups in total. The summed E-state index contributed by atoms with van der Waals surface area (Å²) in [5.74, 6) is 1.35. The molecule has 2 rings (SSSR count). The van der Waals surface area contributed by atoms with E-state index < -0.39 is 0 Å². The Bertz CT molecular complexity index is 378. The van der Waals surface area contributed by atoms with E-state index in [2.05, 4.69) is 15.9 Å². The minimum absolute atomic E-state index is 0.0687. The van der Waals surface area contributed by atoms with Crippen molar-refractivity contribution in [2.24, 2.45) is 11.7 Å². The molecular formula is C13H18BrNO2. The van der Waals surface area contributed by atoms with Crippen LogP contribution in [0.1, 0.15) is 24.4 Å². The lowest BCUT2D eigenvalue weighted by Crippen LogP contribution is -2.27. The summed E-state index contributed by atoms with van der Waals surface area (Å²) in [5.41, 5.74) is 7.49. The molecule has 1 fully saturated rings. The van der Waals surface area contributed by atoms with E-state index in [4.69, 9.17) is 15.2 Å². The van der Waals surface area contributed by atoms with Gasteiger partial charge in [-0.3, -0.25) is 0 Å². The van der Waals surface area contributed by atoms with E-state index in [9.17, 15) is 0 Å². The van der Waals surface area contributed by atoms with Gasteiger partial charge in [-0.15, -0.1) is 0 Å². The molecule has 1 aromatic rings. The van der Waals surface area contributed by atoms with Gasteiger partial charge in [-0.1, -0.05) is 22.0 Å². The second-order valence-electron chi connectivity index (χ2n) is 4.36. The van der Waals surface area contributed by atoms with Gasteiger partial charge in [0, 0.05) is 23.7 Å². The fourth-order valence-electron chi connectivity index (χ4n) is 2.23. The Hall–Kier alpha value is -0.580. The van der Waals surface area contributed by atoms with Gasteiger partial charge >= 0.3 is 0 Å². The number of nitrogens with two attached hydrogens (primary N) is 1. The monoisotopic (exact) mass is 299 g/mol. The fourth-order valence-corrected chi connectivity index (χ4v) is 2.86. The zero-order valence-electron chi connectivity index (χ0n) is 9.99. The molecule has 0 bridgehead atoms. The highest BCUT2D eigenvalue weighted by Crippen LogP contribution is 2.33. The van der Waals surface area contributed by atoms with Gasteiger partial charge in [-0.25, -0.2) is 0 Å². The number of ether oxygens (including phenoxy) is 2. The topological polar surface area (TPSA) is 44.5 Å². The molecule has 17 heavy (non-hydrogen) atoms. The second-order valence-corrected chi connectivity index (χ2v) is 5.22.